The van der Waals surface area contributed by atoms with E-state index in [1.54, 1.807) is 7.11 Å². The van der Waals surface area contributed by atoms with Gasteiger partial charge in [-0.3, -0.25) is 4.79 Å². The highest BCUT2D eigenvalue weighted by molar-refractivity contribution is 5.76. The highest BCUT2D eigenvalue weighted by atomic mass is 16.5. The monoisotopic (exact) mass is 394 g/mol. The second kappa shape index (κ2) is 9.25. The van der Waals surface area contributed by atoms with Gasteiger partial charge in [-0.15, -0.1) is 10.2 Å². The van der Waals surface area contributed by atoms with Gasteiger partial charge in [0, 0.05) is 38.2 Å². The van der Waals surface area contributed by atoms with Gasteiger partial charge in [0.05, 0.1) is 12.8 Å². The maximum atomic E-state index is 12.5. The topological polar surface area (TPSA) is 58.6 Å². The van der Waals surface area contributed by atoms with E-state index in [-0.39, 0.29) is 0 Å². The van der Waals surface area contributed by atoms with Crippen molar-refractivity contribution in [3.63, 3.8) is 0 Å². The molecule has 0 N–H and O–H groups in total. The molecular formula is C23H30N4O2. The summed E-state index contributed by atoms with van der Waals surface area (Å²) in [4.78, 5) is 16.7. The predicted octanol–water partition coefficient (Wildman–Crippen LogP) is 3.77. The molecule has 1 saturated heterocycles. The van der Waals surface area contributed by atoms with Crippen LogP contribution in [0.1, 0.15) is 38.5 Å². The Hall–Kier alpha value is -2.63. The summed E-state index contributed by atoms with van der Waals surface area (Å²) in [7, 11) is 1.66. The van der Waals surface area contributed by atoms with Crippen LogP contribution < -0.4 is 9.64 Å². The van der Waals surface area contributed by atoms with Crippen LogP contribution >= 0.6 is 0 Å². The molecule has 0 atom stereocenters. The Kier molecular flexibility index (Phi) is 6.27. The molecule has 2 heterocycles. The lowest BCUT2D eigenvalue weighted by atomic mass is 10.0. The molecule has 2 fully saturated rings. The second-order valence-corrected chi connectivity index (χ2v) is 8.06. The van der Waals surface area contributed by atoms with Gasteiger partial charge in [-0.05, 0) is 48.7 Å². The normalized spacial score (nSPS) is 17.6. The average Bonchev–Trinajstić information content (AvgIpc) is 3.31. The van der Waals surface area contributed by atoms with E-state index in [1.165, 1.54) is 25.7 Å². The van der Waals surface area contributed by atoms with Crippen LogP contribution in [0.4, 0.5) is 5.82 Å². The molecule has 0 spiro atoms. The van der Waals surface area contributed by atoms with Gasteiger partial charge < -0.3 is 14.5 Å². The SMILES string of the molecule is COc1ccc(-c2ccc(N3CCN(C(=O)CCC4CCCC4)CC3)nn2)cc1. The molecule has 4 rings (SSSR count). The van der Waals surface area contributed by atoms with Crippen LogP contribution in [0, 0.1) is 5.92 Å². The summed E-state index contributed by atoms with van der Waals surface area (Å²) in [6, 6.07) is 11.8. The number of ether oxygens (including phenoxy) is 1. The number of rotatable bonds is 6. The number of benzene rings is 1. The van der Waals surface area contributed by atoms with E-state index in [0.717, 1.165) is 61.3 Å². The van der Waals surface area contributed by atoms with Gasteiger partial charge in [0.2, 0.25) is 5.91 Å². The second-order valence-electron chi connectivity index (χ2n) is 8.06. The van der Waals surface area contributed by atoms with Gasteiger partial charge >= 0.3 is 0 Å². The highest BCUT2D eigenvalue weighted by Crippen LogP contribution is 2.29. The number of amides is 1. The molecule has 154 valence electrons. The number of anilines is 1. The van der Waals surface area contributed by atoms with E-state index < -0.39 is 0 Å². The lowest BCUT2D eigenvalue weighted by Crippen LogP contribution is -2.49. The summed E-state index contributed by atoms with van der Waals surface area (Å²) in [6.07, 6.45) is 7.09. The van der Waals surface area contributed by atoms with Gasteiger partial charge in [-0.2, -0.15) is 0 Å². The van der Waals surface area contributed by atoms with E-state index in [0.29, 0.717) is 12.3 Å². The van der Waals surface area contributed by atoms with E-state index >= 15 is 0 Å². The lowest BCUT2D eigenvalue weighted by molar-refractivity contribution is -0.131. The Bertz CT molecular complexity index is 793. The Balaban J connectivity index is 1.28. The minimum Gasteiger partial charge on any atom is -0.497 e. The Labute approximate surface area is 172 Å². The van der Waals surface area contributed by atoms with Crippen molar-refractivity contribution in [3.8, 4) is 17.0 Å². The van der Waals surface area contributed by atoms with Crippen LogP contribution in [0.3, 0.4) is 0 Å². The molecule has 1 amide bonds. The third-order valence-electron chi connectivity index (χ3n) is 6.23. The molecule has 2 aliphatic rings. The van der Waals surface area contributed by atoms with Crippen LogP contribution in [-0.4, -0.2) is 54.3 Å². The molecule has 1 aromatic carbocycles. The van der Waals surface area contributed by atoms with Crippen molar-refractivity contribution in [3.05, 3.63) is 36.4 Å². The van der Waals surface area contributed by atoms with Gasteiger partial charge in [0.25, 0.3) is 0 Å². The first-order valence-electron chi connectivity index (χ1n) is 10.7. The maximum Gasteiger partial charge on any atom is 0.222 e. The Morgan fingerprint density at radius 1 is 1.00 bits per heavy atom. The zero-order valence-corrected chi connectivity index (χ0v) is 17.2. The van der Waals surface area contributed by atoms with E-state index in [9.17, 15) is 4.79 Å². The molecule has 1 aromatic heterocycles. The number of carbonyl (C=O) groups excluding carboxylic acids is 1. The first-order valence-corrected chi connectivity index (χ1v) is 10.7. The molecule has 1 aliphatic heterocycles. The third-order valence-corrected chi connectivity index (χ3v) is 6.23. The molecule has 6 heteroatoms. The van der Waals surface area contributed by atoms with Crippen LogP contribution in [0.15, 0.2) is 36.4 Å². The number of methoxy groups -OCH3 is 1. The summed E-state index contributed by atoms with van der Waals surface area (Å²) in [5, 5.41) is 8.82. The molecule has 0 bridgehead atoms. The number of piperazine rings is 1. The zero-order valence-electron chi connectivity index (χ0n) is 17.2. The Morgan fingerprint density at radius 2 is 1.72 bits per heavy atom. The molecule has 1 saturated carbocycles. The standard InChI is InChI=1S/C23H30N4O2/c1-29-20-9-7-19(8-10-20)21-11-12-22(25-24-21)26-14-16-27(17-15-26)23(28)13-6-18-4-2-3-5-18/h7-12,18H,2-6,13-17H2,1H3. The van der Waals surface area contributed by atoms with E-state index in [2.05, 4.69) is 15.1 Å². The van der Waals surface area contributed by atoms with Gasteiger partial charge in [0.1, 0.15) is 5.75 Å². The van der Waals surface area contributed by atoms with Crippen LogP contribution in [-0.2, 0) is 4.79 Å². The predicted molar refractivity (Wildman–Crippen MR) is 114 cm³/mol. The largest absolute Gasteiger partial charge is 0.497 e. The van der Waals surface area contributed by atoms with Crippen LogP contribution in [0.5, 0.6) is 5.75 Å². The number of hydrogen-bond donors (Lipinski definition) is 0. The molecule has 6 nitrogen and oxygen atoms in total. The van der Waals surface area contributed by atoms with Crippen molar-refractivity contribution in [1.82, 2.24) is 15.1 Å². The third kappa shape index (κ3) is 4.86. The summed E-state index contributed by atoms with van der Waals surface area (Å²) in [5.41, 5.74) is 1.86. The minimum absolute atomic E-state index is 0.317. The number of nitrogens with zero attached hydrogens (tertiary/aromatic N) is 4. The minimum atomic E-state index is 0.317. The van der Waals surface area contributed by atoms with Gasteiger partial charge in [-0.25, -0.2) is 0 Å². The summed E-state index contributed by atoms with van der Waals surface area (Å²) >= 11 is 0. The van der Waals surface area contributed by atoms with Crippen molar-refractivity contribution in [2.45, 2.75) is 38.5 Å². The van der Waals surface area contributed by atoms with Crippen LogP contribution in [0.2, 0.25) is 0 Å². The molecule has 0 radical (unpaired) electrons. The van der Waals surface area contributed by atoms with Crippen LogP contribution in [0.25, 0.3) is 11.3 Å². The molecule has 1 aliphatic carbocycles. The fraction of sp³-hybridized carbons (Fsp3) is 0.522. The Morgan fingerprint density at radius 3 is 2.34 bits per heavy atom. The molecular weight excluding hydrogens is 364 g/mol. The lowest BCUT2D eigenvalue weighted by Gasteiger charge is -2.35. The van der Waals surface area contributed by atoms with Gasteiger partial charge in [0.15, 0.2) is 5.82 Å². The van der Waals surface area contributed by atoms with Crippen molar-refractivity contribution < 1.29 is 9.53 Å². The fourth-order valence-electron chi connectivity index (χ4n) is 4.38. The fourth-order valence-corrected chi connectivity index (χ4v) is 4.38. The maximum absolute atomic E-state index is 12.5. The molecule has 0 unspecified atom stereocenters. The zero-order chi connectivity index (χ0) is 20.1. The first kappa shape index (κ1) is 19.7. The van der Waals surface area contributed by atoms with E-state index in [1.807, 2.05) is 41.3 Å². The molecule has 29 heavy (non-hydrogen) atoms. The smallest absolute Gasteiger partial charge is 0.222 e. The van der Waals surface area contributed by atoms with Crippen molar-refractivity contribution in [2.75, 3.05) is 38.2 Å². The molecule has 2 aromatic rings. The van der Waals surface area contributed by atoms with Crippen molar-refractivity contribution in [2.24, 2.45) is 5.92 Å². The summed E-state index contributed by atoms with van der Waals surface area (Å²) in [6.45, 7) is 3.16. The first-order chi connectivity index (χ1) is 14.2. The number of aromatic nitrogens is 2. The average molecular weight is 395 g/mol. The van der Waals surface area contributed by atoms with Gasteiger partial charge in [-0.1, -0.05) is 25.7 Å². The number of carbonyl (C=O) groups is 1. The summed E-state index contributed by atoms with van der Waals surface area (Å²) in [5.74, 6) is 2.80. The van der Waals surface area contributed by atoms with Crippen molar-refractivity contribution >= 4 is 11.7 Å². The van der Waals surface area contributed by atoms with Crippen molar-refractivity contribution in [1.29, 1.82) is 0 Å². The highest BCUT2D eigenvalue weighted by Gasteiger charge is 2.23. The van der Waals surface area contributed by atoms with E-state index in [4.69, 9.17) is 4.74 Å². The number of hydrogen-bond acceptors (Lipinski definition) is 5. The quantitative estimate of drug-likeness (QED) is 0.746. The summed E-state index contributed by atoms with van der Waals surface area (Å²) < 4.78 is 5.20.